The number of hydrogen-bond donors (Lipinski definition) is 0. The zero-order valence-electron chi connectivity index (χ0n) is 17.4. The molecule has 2 aliphatic heterocycles. The van der Waals surface area contributed by atoms with Gasteiger partial charge in [-0.1, -0.05) is 44.2 Å². The third kappa shape index (κ3) is 4.45. The van der Waals surface area contributed by atoms with Crippen molar-refractivity contribution in [3.05, 3.63) is 59.7 Å². The Morgan fingerprint density at radius 3 is 2.52 bits per heavy atom. The molecule has 2 unspecified atom stereocenters. The van der Waals surface area contributed by atoms with Gasteiger partial charge in [0.2, 0.25) is 0 Å². The topological polar surface area (TPSA) is 46.6 Å². The van der Waals surface area contributed by atoms with Gasteiger partial charge in [0.05, 0.1) is 12.4 Å². The van der Waals surface area contributed by atoms with Gasteiger partial charge in [0, 0.05) is 36.4 Å². The minimum absolute atomic E-state index is 0.235. The second kappa shape index (κ2) is 8.39. The molecule has 0 amide bonds. The van der Waals surface area contributed by atoms with Crippen molar-refractivity contribution in [2.24, 2.45) is 11.8 Å². The lowest BCUT2D eigenvalue weighted by Gasteiger charge is -2.42. The molecule has 0 aliphatic carbocycles. The molecule has 2 aromatic carbocycles. The van der Waals surface area contributed by atoms with E-state index in [4.69, 9.17) is 4.74 Å². The lowest BCUT2D eigenvalue weighted by atomic mass is 9.78. The van der Waals surface area contributed by atoms with Crippen LogP contribution < -0.4 is 9.64 Å². The van der Waals surface area contributed by atoms with E-state index in [1.165, 1.54) is 16.8 Å². The summed E-state index contributed by atoms with van der Waals surface area (Å²) in [5, 5.41) is 0. The van der Waals surface area contributed by atoms with Crippen molar-refractivity contribution in [3.8, 4) is 5.75 Å². The molecule has 0 spiro atoms. The zero-order chi connectivity index (χ0) is 20.4. The van der Waals surface area contributed by atoms with Crippen LogP contribution in [-0.4, -0.2) is 39.6 Å². The van der Waals surface area contributed by atoms with Crippen LogP contribution in [0.15, 0.2) is 48.5 Å². The average Bonchev–Trinajstić information content (AvgIpc) is 2.71. The monoisotopic (exact) mass is 413 g/mol. The van der Waals surface area contributed by atoms with Gasteiger partial charge >= 0.3 is 0 Å². The summed E-state index contributed by atoms with van der Waals surface area (Å²) in [7, 11) is -2.90. The van der Waals surface area contributed by atoms with E-state index < -0.39 is 9.84 Å². The van der Waals surface area contributed by atoms with Crippen LogP contribution in [0, 0.1) is 11.8 Å². The molecule has 156 valence electrons. The van der Waals surface area contributed by atoms with E-state index in [9.17, 15) is 8.42 Å². The number of rotatable bonds is 7. The Labute approximate surface area is 174 Å². The molecular weight excluding hydrogens is 382 g/mol. The van der Waals surface area contributed by atoms with Crippen LogP contribution in [-0.2, 0) is 16.3 Å². The first-order valence-electron chi connectivity index (χ1n) is 10.7. The lowest BCUT2D eigenvalue weighted by molar-refractivity contribution is 0.188. The average molecular weight is 414 g/mol. The summed E-state index contributed by atoms with van der Waals surface area (Å²) in [5.41, 5.74) is 3.85. The van der Waals surface area contributed by atoms with Crippen LogP contribution in [0.2, 0.25) is 0 Å². The van der Waals surface area contributed by atoms with Gasteiger partial charge < -0.3 is 9.64 Å². The lowest BCUT2D eigenvalue weighted by Crippen LogP contribution is -2.49. The van der Waals surface area contributed by atoms with E-state index >= 15 is 0 Å². The maximum absolute atomic E-state index is 11.9. The molecule has 5 heteroatoms. The van der Waals surface area contributed by atoms with Crippen LogP contribution in [0.1, 0.15) is 37.3 Å². The number of anilines is 1. The molecule has 0 bridgehead atoms. The zero-order valence-corrected chi connectivity index (χ0v) is 18.2. The molecule has 4 nitrogen and oxygen atoms in total. The first-order valence-corrected chi connectivity index (χ1v) is 12.6. The first-order chi connectivity index (χ1) is 14.0. The van der Waals surface area contributed by atoms with Crippen LogP contribution >= 0.6 is 0 Å². The number of hydrogen-bond acceptors (Lipinski definition) is 4. The molecule has 2 aliphatic rings. The van der Waals surface area contributed by atoms with Gasteiger partial charge in [-0.15, -0.1) is 0 Å². The van der Waals surface area contributed by atoms with Gasteiger partial charge in [-0.2, -0.15) is 0 Å². The Kier molecular flexibility index (Phi) is 5.86. The molecular formula is C24H31NO3S. The van der Waals surface area contributed by atoms with Crippen molar-refractivity contribution in [3.63, 3.8) is 0 Å². The van der Waals surface area contributed by atoms with Crippen molar-refractivity contribution in [2.45, 2.75) is 32.6 Å². The summed E-state index contributed by atoms with van der Waals surface area (Å²) in [6.45, 7) is 6.39. The molecule has 1 saturated heterocycles. The number of sulfone groups is 1. The normalized spacial score (nSPS) is 21.9. The number of fused-ring (bicyclic) bond motifs is 1. The van der Waals surface area contributed by atoms with E-state index in [0.29, 0.717) is 17.6 Å². The number of benzene rings is 2. The standard InChI is InChI=1S/C24H31NO3S/c1-3-20-16-28-24-11-10-21(25-14-19(15-25)17-29(26,27)4-2)13-23(24)22(20)12-18-8-6-5-7-9-18/h5-11,13,19-20,22H,3-4,12,14-17H2,1-2H3. The van der Waals surface area contributed by atoms with Crippen molar-refractivity contribution < 1.29 is 13.2 Å². The Bertz CT molecular complexity index is 936. The van der Waals surface area contributed by atoms with Crippen molar-refractivity contribution >= 4 is 15.5 Å². The van der Waals surface area contributed by atoms with Gasteiger partial charge in [0.1, 0.15) is 15.6 Å². The molecule has 2 heterocycles. The fraction of sp³-hybridized carbons (Fsp3) is 0.500. The largest absolute Gasteiger partial charge is 0.493 e. The molecule has 0 N–H and O–H groups in total. The van der Waals surface area contributed by atoms with Crippen LogP contribution in [0.5, 0.6) is 5.75 Å². The molecule has 0 radical (unpaired) electrons. The maximum Gasteiger partial charge on any atom is 0.150 e. The van der Waals surface area contributed by atoms with E-state index in [-0.39, 0.29) is 11.7 Å². The second-order valence-electron chi connectivity index (χ2n) is 8.47. The van der Waals surface area contributed by atoms with Gasteiger partial charge in [-0.05, 0) is 48.1 Å². The van der Waals surface area contributed by atoms with Gasteiger partial charge in [0.15, 0.2) is 0 Å². The molecule has 4 rings (SSSR count). The van der Waals surface area contributed by atoms with E-state index in [0.717, 1.165) is 38.3 Å². The summed E-state index contributed by atoms with van der Waals surface area (Å²) in [5.74, 6) is 2.75. The summed E-state index contributed by atoms with van der Waals surface area (Å²) < 4.78 is 29.9. The third-order valence-corrected chi connectivity index (χ3v) is 8.35. The number of ether oxygens (including phenoxy) is 1. The van der Waals surface area contributed by atoms with Crippen molar-refractivity contribution in [1.29, 1.82) is 0 Å². The Morgan fingerprint density at radius 2 is 1.83 bits per heavy atom. The molecule has 2 atom stereocenters. The molecule has 29 heavy (non-hydrogen) atoms. The highest BCUT2D eigenvalue weighted by Gasteiger charge is 2.33. The first kappa shape index (κ1) is 20.3. The summed E-state index contributed by atoms with van der Waals surface area (Å²) in [6, 6.07) is 17.2. The fourth-order valence-electron chi connectivity index (χ4n) is 4.63. The minimum Gasteiger partial charge on any atom is -0.493 e. The second-order valence-corrected chi connectivity index (χ2v) is 10.9. The van der Waals surface area contributed by atoms with Crippen LogP contribution in [0.3, 0.4) is 0 Å². The highest BCUT2D eigenvalue weighted by Crippen LogP contribution is 2.43. The molecule has 1 fully saturated rings. The Balaban J connectivity index is 1.53. The van der Waals surface area contributed by atoms with Gasteiger partial charge in [-0.3, -0.25) is 0 Å². The highest BCUT2D eigenvalue weighted by atomic mass is 32.2. The minimum atomic E-state index is -2.90. The van der Waals surface area contributed by atoms with E-state index in [1.54, 1.807) is 6.92 Å². The van der Waals surface area contributed by atoms with Crippen LogP contribution in [0.25, 0.3) is 0 Å². The van der Waals surface area contributed by atoms with Crippen molar-refractivity contribution in [2.75, 3.05) is 36.1 Å². The predicted octanol–water partition coefficient (Wildman–Crippen LogP) is 4.30. The number of nitrogens with zero attached hydrogens (tertiary/aromatic N) is 1. The predicted molar refractivity (Wildman–Crippen MR) is 119 cm³/mol. The Morgan fingerprint density at radius 1 is 1.07 bits per heavy atom. The molecule has 0 aromatic heterocycles. The van der Waals surface area contributed by atoms with Crippen LogP contribution in [0.4, 0.5) is 5.69 Å². The SMILES string of the molecule is CCC1COc2ccc(N3CC(CS(=O)(=O)CC)C3)cc2C1Cc1ccccc1. The van der Waals surface area contributed by atoms with Crippen molar-refractivity contribution in [1.82, 2.24) is 0 Å². The summed E-state index contributed by atoms with van der Waals surface area (Å²) in [6.07, 6.45) is 2.12. The molecule has 0 saturated carbocycles. The summed E-state index contributed by atoms with van der Waals surface area (Å²) in [4.78, 5) is 2.30. The van der Waals surface area contributed by atoms with E-state index in [2.05, 4.69) is 60.4 Å². The molecule has 2 aromatic rings. The highest BCUT2D eigenvalue weighted by molar-refractivity contribution is 7.91. The maximum atomic E-state index is 11.9. The Hall–Kier alpha value is -2.01. The van der Waals surface area contributed by atoms with Gasteiger partial charge in [-0.25, -0.2) is 8.42 Å². The fourth-order valence-corrected chi connectivity index (χ4v) is 5.80. The van der Waals surface area contributed by atoms with Gasteiger partial charge in [0.25, 0.3) is 0 Å². The third-order valence-electron chi connectivity index (χ3n) is 6.49. The summed E-state index contributed by atoms with van der Waals surface area (Å²) >= 11 is 0. The smallest absolute Gasteiger partial charge is 0.150 e. The van der Waals surface area contributed by atoms with E-state index in [1.807, 2.05) is 0 Å². The quantitative estimate of drug-likeness (QED) is 0.679.